The lowest BCUT2D eigenvalue weighted by atomic mass is 9.84. The van der Waals surface area contributed by atoms with E-state index in [1.807, 2.05) is 0 Å². The molecule has 0 saturated carbocycles. The van der Waals surface area contributed by atoms with Crippen LogP contribution in [0.4, 0.5) is 0 Å². The van der Waals surface area contributed by atoms with Gasteiger partial charge in [-0.05, 0) is 31.7 Å². The summed E-state index contributed by atoms with van der Waals surface area (Å²) < 4.78 is 13.1. The predicted molar refractivity (Wildman–Crippen MR) is 66.2 cm³/mol. The smallest absolute Gasteiger partial charge is 0.356 e. The van der Waals surface area contributed by atoms with Gasteiger partial charge in [-0.15, -0.1) is 0 Å². The van der Waals surface area contributed by atoms with Crippen molar-refractivity contribution in [2.45, 2.75) is 37.3 Å². The van der Waals surface area contributed by atoms with Gasteiger partial charge in [-0.2, -0.15) is 5.10 Å². The first kappa shape index (κ1) is 12.6. The van der Waals surface area contributed by atoms with Gasteiger partial charge in [0.25, 0.3) is 0 Å². The van der Waals surface area contributed by atoms with E-state index in [1.165, 1.54) is 0 Å². The van der Waals surface area contributed by atoms with Crippen LogP contribution in [-0.4, -0.2) is 46.3 Å². The fourth-order valence-electron chi connectivity index (χ4n) is 2.98. The van der Waals surface area contributed by atoms with Crippen molar-refractivity contribution in [3.05, 3.63) is 18.0 Å². The molecule has 0 aromatic carbocycles. The van der Waals surface area contributed by atoms with Crippen LogP contribution in [0.1, 0.15) is 42.2 Å². The van der Waals surface area contributed by atoms with Crippen LogP contribution in [0, 0.1) is 0 Å². The molecule has 0 bridgehead atoms. The quantitative estimate of drug-likeness (QED) is 0.877. The zero-order chi connectivity index (χ0) is 13.3. The van der Waals surface area contributed by atoms with Crippen molar-refractivity contribution in [3.8, 4) is 0 Å². The first-order valence-corrected chi connectivity index (χ1v) is 6.69. The van der Waals surface area contributed by atoms with Gasteiger partial charge in [-0.25, -0.2) is 4.79 Å². The van der Waals surface area contributed by atoms with E-state index in [-0.39, 0.29) is 17.3 Å². The average Bonchev–Trinajstić information content (AvgIpc) is 2.89. The highest BCUT2D eigenvalue weighted by Gasteiger charge is 2.39. The summed E-state index contributed by atoms with van der Waals surface area (Å²) in [6.45, 7) is 2.19. The Morgan fingerprint density at radius 3 is 2.89 bits per heavy atom. The molecule has 1 spiro atoms. The molecule has 2 saturated heterocycles. The highest BCUT2D eigenvalue weighted by molar-refractivity contribution is 5.85. The Balaban J connectivity index is 1.75. The zero-order valence-electron chi connectivity index (χ0n) is 10.7. The van der Waals surface area contributed by atoms with Gasteiger partial charge < -0.3 is 14.6 Å². The lowest BCUT2D eigenvalue weighted by Gasteiger charge is -2.43. The molecule has 0 amide bonds. The van der Waals surface area contributed by atoms with Crippen LogP contribution >= 0.6 is 0 Å². The molecule has 3 rings (SSSR count). The van der Waals surface area contributed by atoms with E-state index in [0.717, 1.165) is 38.9 Å². The summed E-state index contributed by atoms with van der Waals surface area (Å²) in [5, 5.41) is 13.1. The minimum absolute atomic E-state index is 0.101. The monoisotopic (exact) mass is 266 g/mol. The van der Waals surface area contributed by atoms with Gasteiger partial charge in [-0.1, -0.05) is 0 Å². The number of hydrogen-bond donors (Lipinski definition) is 1. The molecule has 1 aromatic heterocycles. The van der Waals surface area contributed by atoms with Gasteiger partial charge in [0.1, 0.15) is 0 Å². The SMILES string of the molecule is O=C(O)c1ccn(C2CCOC3(CCOCC3)C2)n1. The second-order valence-corrected chi connectivity index (χ2v) is 5.28. The molecule has 1 unspecified atom stereocenters. The molecule has 2 fully saturated rings. The van der Waals surface area contributed by atoms with Crippen LogP contribution in [0.2, 0.25) is 0 Å². The van der Waals surface area contributed by atoms with Crippen molar-refractivity contribution in [3.63, 3.8) is 0 Å². The standard InChI is InChI=1S/C13H18N2O4/c16-12(17)11-1-5-15(14-11)10-2-6-19-13(9-10)3-7-18-8-4-13/h1,5,10H,2-4,6-9H2,(H,16,17). The molecule has 1 aromatic rings. The molecule has 1 atom stereocenters. The average molecular weight is 266 g/mol. The molecular formula is C13H18N2O4. The summed E-state index contributed by atoms with van der Waals surface area (Å²) in [5.74, 6) is -0.980. The number of aromatic carboxylic acids is 1. The fourth-order valence-corrected chi connectivity index (χ4v) is 2.98. The van der Waals surface area contributed by atoms with Gasteiger partial charge >= 0.3 is 5.97 Å². The van der Waals surface area contributed by atoms with Gasteiger partial charge in [-0.3, -0.25) is 4.68 Å². The van der Waals surface area contributed by atoms with Crippen LogP contribution in [0.15, 0.2) is 12.3 Å². The van der Waals surface area contributed by atoms with Crippen LogP contribution in [0.25, 0.3) is 0 Å². The summed E-state index contributed by atoms with van der Waals surface area (Å²) >= 11 is 0. The molecule has 19 heavy (non-hydrogen) atoms. The van der Waals surface area contributed by atoms with E-state index in [0.29, 0.717) is 6.61 Å². The van der Waals surface area contributed by atoms with Crippen molar-refractivity contribution in [1.82, 2.24) is 9.78 Å². The Hall–Kier alpha value is -1.40. The van der Waals surface area contributed by atoms with E-state index in [4.69, 9.17) is 14.6 Å². The summed E-state index contributed by atoms with van der Waals surface area (Å²) in [4.78, 5) is 10.9. The molecule has 6 nitrogen and oxygen atoms in total. The van der Waals surface area contributed by atoms with Crippen molar-refractivity contribution in [2.75, 3.05) is 19.8 Å². The molecule has 2 aliphatic heterocycles. The Labute approximate surface area is 111 Å². The lowest BCUT2D eigenvalue weighted by molar-refractivity contribution is -0.145. The van der Waals surface area contributed by atoms with Gasteiger partial charge in [0, 0.05) is 26.0 Å². The van der Waals surface area contributed by atoms with Gasteiger partial charge in [0.15, 0.2) is 5.69 Å². The Morgan fingerprint density at radius 1 is 1.42 bits per heavy atom. The summed E-state index contributed by atoms with van der Waals surface area (Å²) in [5.41, 5.74) is 0.00349. The molecule has 2 aliphatic rings. The molecule has 3 heterocycles. The van der Waals surface area contributed by atoms with Gasteiger partial charge in [0.05, 0.1) is 11.6 Å². The number of ether oxygens (including phenoxy) is 2. The van der Waals surface area contributed by atoms with Crippen LogP contribution < -0.4 is 0 Å². The van der Waals surface area contributed by atoms with E-state index in [9.17, 15) is 4.79 Å². The van der Waals surface area contributed by atoms with Crippen molar-refractivity contribution >= 4 is 5.97 Å². The van der Waals surface area contributed by atoms with Crippen molar-refractivity contribution in [1.29, 1.82) is 0 Å². The van der Waals surface area contributed by atoms with Crippen molar-refractivity contribution in [2.24, 2.45) is 0 Å². The topological polar surface area (TPSA) is 73.6 Å². The summed E-state index contributed by atoms with van der Waals surface area (Å²) in [6.07, 6.45) is 5.35. The van der Waals surface area contributed by atoms with E-state index >= 15 is 0 Å². The number of aromatic nitrogens is 2. The van der Waals surface area contributed by atoms with Gasteiger partial charge in [0.2, 0.25) is 0 Å². The maximum atomic E-state index is 10.9. The number of carboxylic acid groups (broad SMARTS) is 1. The predicted octanol–water partition coefficient (Wildman–Crippen LogP) is 1.48. The minimum Gasteiger partial charge on any atom is -0.476 e. The third-order valence-corrected chi connectivity index (χ3v) is 4.07. The molecule has 6 heteroatoms. The molecule has 0 radical (unpaired) electrons. The largest absolute Gasteiger partial charge is 0.476 e. The molecule has 104 valence electrons. The number of hydrogen-bond acceptors (Lipinski definition) is 4. The van der Waals surface area contributed by atoms with Crippen LogP contribution in [0.5, 0.6) is 0 Å². The number of nitrogens with zero attached hydrogens (tertiary/aromatic N) is 2. The zero-order valence-corrected chi connectivity index (χ0v) is 10.7. The second-order valence-electron chi connectivity index (χ2n) is 5.28. The van der Waals surface area contributed by atoms with Crippen LogP contribution in [0.3, 0.4) is 0 Å². The van der Waals surface area contributed by atoms with E-state index in [1.54, 1.807) is 16.9 Å². The number of carbonyl (C=O) groups is 1. The Kier molecular flexibility index (Phi) is 3.28. The lowest BCUT2D eigenvalue weighted by Crippen LogP contribution is -2.44. The highest BCUT2D eigenvalue weighted by atomic mass is 16.5. The van der Waals surface area contributed by atoms with Crippen LogP contribution in [-0.2, 0) is 9.47 Å². The normalized spacial score (nSPS) is 26.4. The Bertz CT molecular complexity index is 459. The number of carboxylic acids is 1. The fraction of sp³-hybridized carbons (Fsp3) is 0.692. The maximum Gasteiger partial charge on any atom is 0.356 e. The second kappa shape index (κ2) is 4.94. The molecule has 0 aliphatic carbocycles. The first-order chi connectivity index (χ1) is 9.19. The third kappa shape index (κ3) is 2.50. The number of rotatable bonds is 2. The van der Waals surface area contributed by atoms with Crippen molar-refractivity contribution < 1.29 is 19.4 Å². The first-order valence-electron chi connectivity index (χ1n) is 6.69. The molecule has 1 N–H and O–H groups in total. The van der Waals surface area contributed by atoms with E-state index in [2.05, 4.69) is 5.10 Å². The molecular weight excluding hydrogens is 248 g/mol. The Morgan fingerprint density at radius 2 is 2.21 bits per heavy atom. The van der Waals surface area contributed by atoms with E-state index < -0.39 is 5.97 Å². The maximum absolute atomic E-state index is 10.9. The summed E-state index contributed by atoms with van der Waals surface area (Å²) in [6, 6.07) is 1.77. The highest BCUT2D eigenvalue weighted by Crippen LogP contribution is 2.38. The third-order valence-electron chi connectivity index (χ3n) is 4.07. The minimum atomic E-state index is -0.980. The summed E-state index contributed by atoms with van der Waals surface area (Å²) in [7, 11) is 0.